The number of rotatable bonds is 2. The summed E-state index contributed by atoms with van der Waals surface area (Å²) in [7, 11) is 0. The molecule has 2 N–H and O–H groups in total. The van der Waals surface area contributed by atoms with E-state index in [9.17, 15) is 4.79 Å². The van der Waals surface area contributed by atoms with Crippen molar-refractivity contribution in [2.24, 2.45) is 5.73 Å². The highest BCUT2D eigenvalue weighted by molar-refractivity contribution is 5.98. The van der Waals surface area contributed by atoms with Crippen LogP contribution in [0.5, 0.6) is 0 Å². The highest BCUT2D eigenvalue weighted by Crippen LogP contribution is 2.20. The van der Waals surface area contributed by atoms with Gasteiger partial charge in [-0.1, -0.05) is 35.5 Å². The fraction of sp³-hybridized carbons (Fsp3) is 0. The van der Waals surface area contributed by atoms with Crippen LogP contribution in [0.25, 0.3) is 11.3 Å². The standard InChI is InChI=1S/C10H7N2O2/c11-10(13)8-6-14-12-9(8)7-4-2-1-3-5-7/h1-5H,(H2,11,13). The van der Waals surface area contributed by atoms with Crippen molar-refractivity contribution in [3.63, 3.8) is 0 Å². The molecule has 1 aromatic heterocycles. The Morgan fingerprint density at radius 2 is 2.07 bits per heavy atom. The Balaban J connectivity index is 2.52. The van der Waals surface area contributed by atoms with Crippen molar-refractivity contribution in [2.45, 2.75) is 0 Å². The smallest absolute Gasteiger partial charge is 0.255 e. The van der Waals surface area contributed by atoms with E-state index in [1.54, 1.807) is 0 Å². The summed E-state index contributed by atoms with van der Waals surface area (Å²) >= 11 is 0. The van der Waals surface area contributed by atoms with Crippen molar-refractivity contribution in [3.05, 3.63) is 42.2 Å². The first-order chi connectivity index (χ1) is 6.79. The molecule has 2 aromatic rings. The van der Waals surface area contributed by atoms with E-state index < -0.39 is 5.91 Å². The fourth-order valence-corrected chi connectivity index (χ4v) is 1.17. The molecule has 2 rings (SSSR count). The Kier molecular flexibility index (Phi) is 2.02. The van der Waals surface area contributed by atoms with Crippen LogP contribution in [-0.2, 0) is 0 Å². The summed E-state index contributed by atoms with van der Waals surface area (Å²) in [4.78, 5) is 10.9. The van der Waals surface area contributed by atoms with Crippen molar-refractivity contribution in [1.29, 1.82) is 0 Å². The summed E-state index contributed by atoms with van der Waals surface area (Å²) in [6.07, 6.45) is 2.34. The average Bonchev–Trinajstić information content (AvgIpc) is 2.67. The van der Waals surface area contributed by atoms with Gasteiger partial charge in [0.25, 0.3) is 5.91 Å². The Labute approximate surface area is 80.3 Å². The van der Waals surface area contributed by atoms with E-state index in [0.717, 1.165) is 5.56 Å². The van der Waals surface area contributed by atoms with Crippen molar-refractivity contribution in [1.82, 2.24) is 5.16 Å². The maximum atomic E-state index is 10.9. The number of amides is 1. The molecule has 14 heavy (non-hydrogen) atoms. The van der Waals surface area contributed by atoms with Gasteiger partial charge in [0, 0.05) is 5.56 Å². The number of benzene rings is 1. The third-order valence-electron chi connectivity index (χ3n) is 1.82. The van der Waals surface area contributed by atoms with Crippen LogP contribution in [0, 0.1) is 6.26 Å². The minimum Gasteiger partial charge on any atom is -0.365 e. The third-order valence-corrected chi connectivity index (χ3v) is 1.82. The van der Waals surface area contributed by atoms with Gasteiger partial charge in [0.1, 0.15) is 11.3 Å². The lowest BCUT2D eigenvalue weighted by Crippen LogP contribution is -2.11. The van der Waals surface area contributed by atoms with Gasteiger partial charge in [-0.3, -0.25) is 4.79 Å². The first-order valence-electron chi connectivity index (χ1n) is 4.01. The molecule has 0 spiro atoms. The number of carbonyl (C=O) groups excluding carboxylic acids is 1. The van der Waals surface area contributed by atoms with Crippen LogP contribution in [0.15, 0.2) is 34.9 Å². The van der Waals surface area contributed by atoms with Gasteiger partial charge >= 0.3 is 0 Å². The molecule has 0 fully saturated rings. The van der Waals surface area contributed by atoms with E-state index in [0.29, 0.717) is 5.69 Å². The quantitative estimate of drug-likeness (QED) is 0.768. The van der Waals surface area contributed by atoms with E-state index >= 15 is 0 Å². The van der Waals surface area contributed by atoms with E-state index in [2.05, 4.69) is 15.9 Å². The first kappa shape index (κ1) is 8.50. The summed E-state index contributed by atoms with van der Waals surface area (Å²) in [6, 6.07) is 9.19. The SMILES string of the molecule is NC(=O)c1[c]onc1-c1ccccc1. The maximum Gasteiger partial charge on any atom is 0.255 e. The summed E-state index contributed by atoms with van der Waals surface area (Å²) in [6.45, 7) is 0. The van der Waals surface area contributed by atoms with Crippen LogP contribution in [0.2, 0.25) is 0 Å². The molecule has 0 saturated carbocycles. The molecule has 0 unspecified atom stereocenters. The van der Waals surface area contributed by atoms with Crippen LogP contribution in [0.4, 0.5) is 0 Å². The number of carbonyl (C=O) groups is 1. The molecule has 69 valence electrons. The molecule has 0 aliphatic heterocycles. The predicted octanol–water partition coefficient (Wildman–Crippen LogP) is 1.24. The van der Waals surface area contributed by atoms with Gasteiger partial charge in [-0.05, 0) is 0 Å². The van der Waals surface area contributed by atoms with Crippen LogP contribution in [-0.4, -0.2) is 11.1 Å². The molecule has 1 amide bonds. The lowest BCUT2D eigenvalue weighted by molar-refractivity contribution is 0.1000. The van der Waals surface area contributed by atoms with Crippen LogP contribution < -0.4 is 5.73 Å². The number of nitrogens with zero attached hydrogens (tertiary/aromatic N) is 1. The Morgan fingerprint density at radius 1 is 1.36 bits per heavy atom. The highest BCUT2D eigenvalue weighted by Gasteiger charge is 2.14. The molecular weight excluding hydrogens is 180 g/mol. The minimum absolute atomic E-state index is 0.177. The molecule has 0 saturated heterocycles. The van der Waals surface area contributed by atoms with Crippen molar-refractivity contribution >= 4 is 5.91 Å². The zero-order valence-electron chi connectivity index (χ0n) is 7.23. The van der Waals surface area contributed by atoms with Crippen molar-refractivity contribution < 1.29 is 9.32 Å². The zero-order chi connectivity index (χ0) is 9.97. The number of hydrogen-bond donors (Lipinski definition) is 1. The zero-order valence-corrected chi connectivity index (χ0v) is 7.23. The Bertz CT molecular complexity index is 448. The van der Waals surface area contributed by atoms with Crippen molar-refractivity contribution in [2.75, 3.05) is 0 Å². The van der Waals surface area contributed by atoms with E-state index in [4.69, 9.17) is 5.73 Å². The second kappa shape index (κ2) is 3.33. The number of nitrogens with two attached hydrogens (primary N) is 1. The lowest BCUT2D eigenvalue weighted by Gasteiger charge is -1.95. The molecule has 1 heterocycles. The monoisotopic (exact) mass is 187 g/mol. The Morgan fingerprint density at radius 3 is 2.71 bits per heavy atom. The van der Waals surface area contributed by atoms with Gasteiger partial charge in [0.05, 0.1) is 0 Å². The summed E-state index contributed by atoms with van der Waals surface area (Å²) < 4.78 is 4.59. The van der Waals surface area contributed by atoms with Gasteiger partial charge in [-0.25, -0.2) is 0 Å². The molecule has 1 radical (unpaired) electrons. The second-order valence-corrected chi connectivity index (χ2v) is 2.74. The Hall–Kier alpha value is -2.10. The maximum absolute atomic E-state index is 10.9. The molecule has 1 aromatic carbocycles. The normalized spacial score (nSPS) is 10.0. The fourth-order valence-electron chi connectivity index (χ4n) is 1.17. The minimum atomic E-state index is -0.592. The highest BCUT2D eigenvalue weighted by atomic mass is 16.5. The van der Waals surface area contributed by atoms with Gasteiger partial charge in [0.2, 0.25) is 6.26 Å². The van der Waals surface area contributed by atoms with Gasteiger partial charge in [-0.15, -0.1) is 0 Å². The molecule has 4 nitrogen and oxygen atoms in total. The van der Waals surface area contributed by atoms with Crippen LogP contribution in [0.3, 0.4) is 0 Å². The molecular formula is C10H7N2O2. The molecule has 0 atom stereocenters. The summed E-state index contributed by atoms with van der Waals surface area (Å²) in [5.41, 5.74) is 6.52. The second-order valence-electron chi connectivity index (χ2n) is 2.74. The average molecular weight is 187 g/mol. The summed E-state index contributed by atoms with van der Waals surface area (Å²) in [5, 5.41) is 3.68. The van der Waals surface area contributed by atoms with Gasteiger partial charge in [-0.2, -0.15) is 0 Å². The number of hydrogen-bond acceptors (Lipinski definition) is 3. The molecule has 4 heteroatoms. The van der Waals surface area contributed by atoms with Crippen molar-refractivity contribution in [3.8, 4) is 11.3 Å². The first-order valence-corrected chi connectivity index (χ1v) is 4.01. The van der Waals surface area contributed by atoms with E-state index in [1.807, 2.05) is 30.3 Å². The predicted molar refractivity (Wildman–Crippen MR) is 49.3 cm³/mol. The number of aromatic nitrogens is 1. The molecule has 0 bridgehead atoms. The van der Waals surface area contributed by atoms with Gasteiger partial charge in [0.15, 0.2) is 0 Å². The van der Waals surface area contributed by atoms with E-state index in [-0.39, 0.29) is 5.56 Å². The largest absolute Gasteiger partial charge is 0.365 e. The molecule has 0 aliphatic rings. The topological polar surface area (TPSA) is 69.1 Å². The number of primary amides is 1. The lowest BCUT2D eigenvalue weighted by atomic mass is 10.1. The van der Waals surface area contributed by atoms with Gasteiger partial charge < -0.3 is 10.3 Å². The van der Waals surface area contributed by atoms with E-state index in [1.165, 1.54) is 0 Å². The van der Waals surface area contributed by atoms with Crippen LogP contribution in [0.1, 0.15) is 10.4 Å². The van der Waals surface area contributed by atoms with Crippen LogP contribution >= 0.6 is 0 Å². The molecule has 0 aliphatic carbocycles. The third kappa shape index (κ3) is 1.37. The summed E-state index contributed by atoms with van der Waals surface area (Å²) in [5.74, 6) is -0.592.